The summed E-state index contributed by atoms with van der Waals surface area (Å²) in [6.45, 7) is 18.6. The van der Waals surface area contributed by atoms with Gasteiger partial charge >= 0.3 is 0 Å². The van der Waals surface area contributed by atoms with Crippen LogP contribution in [-0.2, 0) is 57.1 Å². The van der Waals surface area contributed by atoms with Crippen LogP contribution in [0.3, 0.4) is 0 Å². The molecule has 4 saturated heterocycles. The van der Waals surface area contributed by atoms with E-state index >= 15 is 0 Å². The maximum atomic E-state index is 13.6. The number of carbonyl (C=O) groups is 8. The average Bonchev–Trinajstić information content (AvgIpc) is 1.65. The Morgan fingerprint density at radius 1 is 0.607 bits per heavy atom. The first-order valence-electron chi connectivity index (χ1n) is 31.7. The second kappa shape index (κ2) is 22.0. The number of piperidine rings is 4. The molecule has 2 atom stereocenters. The second-order valence-corrected chi connectivity index (χ2v) is 33.3. The monoisotopic (exact) mass is 1220 g/mol. The number of anilines is 2. The summed E-state index contributed by atoms with van der Waals surface area (Å²) in [5.74, 6) is -1.42. The third-order valence-corrected chi connectivity index (χ3v) is 26.0. The molecule has 89 heavy (non-hydrogen) atoms. The van der Waals surface area contributed by atoms with E-state index in [9.17, 15) is 43.5 Å². The number of imide groups is 2. The van der Waals surface area contributed by atoms with Crippen LogP contribution >= 0.6 is 0 Å². The van der Waals surface area contributed by atoms with E-state index in [0.717, 1.165) is 82.3 Å². The fraction of sp³-hybridized carbons (Fsp3) is 0.500. The zero-order valence-electron chi connectivity index (χ0n) is 52.1. The first kappa shape index (κ1) is 60.0. The van der Waals surface area contributed by atoms with Crippen LogP contribution in [0.15, 0.2) is 85.5 Å². The van der Waals surface area contributed by atoms with Gasteiger partial charge in [-0.15, -0.1) is 0 Å². The van der Waals surface area contributed by atoms with Crippen LogP contribution < -0.4 is 20.4 Å². The summed E-state index contributed by atoms with van der Waals surface area (Å²) in [6.07, 6.45) is 16.8. The number of amides is 8. The van der Waals surface area contributed by atoms with Gasteiger partial charge in [-0.1, -0.05) is 71.0 Å². The van der Waals surface area contributed by atoms with Crippen molar-refractivity contribution in [1.82, 2.24) is 40.0 Å². The summed E-state index contributed by atoms with van der Waals surface area (Å²) in [6, 6.07) is 17.8. The largest absolute Gasteiger partial charge is 0.414 e. The van der Waals surface area contributed by atoms with Gasteiger partial charge in [0.05, 0.1) is 48.1 Å². The fourth-order valence-electron chi connectivity index (χ4n) is 14.0. The Kier molecular flexibility index (Phi) is 14.8. The molecule has 21 heteroatoms. The number of likely N-dealkylation sites (tertiary alicyclic amines) is 2. The Bertz CT molecular complexity index is 3950. The summed E-state index contributed by atoms with van der Waals surface area (Å²) < 4.78 is 10.8. The summed E-state index contributed by atoms with van der Waals surface area (Å²) in [5.41, 5.74) is 5.39. The van der Waals surface area contributed by atoms with Crippen molar-refractivity contribution in [2.24, 2.45) is 10.8 Å². The van der Waals surface area contributed by atoms with Gasteiger partial charge in [-0.3, -0.25) is 68.2 Å². The van der Waals surface area contributed by atoms with E-state index in [1.165, 1.54) is 4.90 Å². The summed E-state index contributed by atoms with van der Waals surface area (Å²) in [5, 5.41) is 28.5. The van der Waals surface area contributed by atoms with E-state index in [-0.39, 0.29) is 76.3 Å². The zero-order valence-corrected chi connectivity index (χ0v) is 53.1. The number of rotatable bonds is 14. The zero-order chi connectivity index (χ0) is 62.7. The fourth-order valence-corrected chi connectivity index (χ4v) is 15.1. The highest BCUT2D eigenvalue weighted by molar-refractivity contribution is 6.74. The lowest BCUT2D eigenvalue weighted by Crippen LogP contribution is -2.54. The quantitative estimate of drug-likeness (QED) is 0.0694. The molecule has 8 amide bonds. The number of hydrogen-bond donors (Lipinski definition) is 3. The van der Waals surface area contributed by atoms with Gasteiger partial charge in [-0.2, -0.15) is 10.2 Å². The number of benzene rings is 4. The number of aromatic nitrogens is 4. The lowest BCUT2D eigenvalue weighted by atomic mass is 9.87. The van der Waals surface area contributed by atoms with Gasteiger partial charge < -0.3 is 19.3 Å². The predicted molar refractivity (Wildman–Crippen MR) is 336 cm³/mol. The minimum atomic E-state index is -2.04. The molecule has 6 aliphatic heterocycles. The SMILES string of the molecule is CC1(C(=O)N2CCC(CO)(n3cc(Cc4ccc5c6c(cccc46)C(=O)N5C4CCC(=O)NC4=O)cn3)CC2)CC1.CC1(C(=O)N2CCC(CO[Si](C)(C)C(C)(C)C)(n3cc(Cc4ccc5c6c(cccc46)C(=O)N5C4CCC(=O)NC4=O)cn3)CC2)CC1. The summed E-state index contributed by atoms with van der Waals surface area (Å²) in [7, 11) is -2.04. The van der Waals surface area contributed by atoms with E-state index in [1.54, 1.807) is 11.0 Å². The molecule has 8 aliphatic rings. The minimum absolute atomic E-state index is 0.0489. The molecule has 14 rings (SSSR count). The third kappa shape index (κ3) is 10.6. The van der Waals surface area contributed by atoms with Crippen molar-refractivity contribution in [2.45, 2.75) is 166 Å². The molecule has 0 spiro atoms. The molecule has 3 N–H and O–H groups in total. The van der Waals surface area contributed by atoms with Crippen LogP contribution in [0.25, 0.3) is 21.5 Å². The van der Waals surface area contributed by atoms with E-state index in [2.05, 4.69) is 67.4 Å². The first-order valence-corrected chi connectivity index (χ1v) is 34.6. The van der Waals surface area contributed by atoms with Gasteiger partial charge in [0.25, 0.3) is 11.8 Å². The topological polar surface area (TPSA) is 239 Å². The standard InChI is InChI=1S/C37H47N5O5Si.C31H33N5O5/c1-35(2,3)48(5,6)47-23-37(16-18-40(19-17-37)34(46)36(4)14-15-36)41-22-24(21-38-41)20-25-10-11-28-31-26(25)8-7-9-27(31)33(45)42(28)29-12-13-30(43)39-32(29)44;1-30(9-10-30)29(41)34-13-11-31(18-37,12-14-34)35-17-19(16-32-35)15-20-5-6-23-26-21(20)3-2-4-22(26)28(40)36(23)24-7-8-25(38)33-27(24)39/h7-11,21-22,29H,12-20,23H2,1-6H3,(H,39,43,44);2-6,16-17,24,37H,7-15,18H2,1H3,(H,33,38,39). The van der Waals surface area contributed by atoms with Crippen molar-refractivity contribution in [2.75, 3.05) is 49.2 Å². The second-order valence-electron chi connectivity index (χ2n) is 28.5. The molecule has 2 saturated carbocycles. The van der Waals surface area contributed by atoms with E-state index < -0.39 is 37.8 Å². The Morgan fingerprint density at radius 2 is 1.02 bits per heavy atom. The van der Waals surface area contributed by atoms with Crippen molar-refractivity contribution >= 4 is 88.5 Å². The van der Waals surface area contributed by atoms with Crippen molar-refractivity contribution in [3.8, 4) is 0 Å². The molecular formula is C68H80N10O10Si. The molecule has 2 aromatic heterocycles. The normalized spacial score (nSPS) is 22.3. The molecule has 2 aliphatic carbocycles. The van der Waals surface area contributed by atoms with Gasteiger partial charge in [0, 0.05) is 97.0 Å². The van der Waals surface area contributed by atoms with Crippen molar-refractivity contribution < 1.29 is 47.9 Å². The number of hydrogen-bond acceptors (Lipinski definition) is 12. The van der Waals surface area contributed by atoms with Crippen molar-refractivity contribution in [3.05, 3.63) is 119 Å². The predicted octanol–water partition coefficient (Wildman–Crippen LogP) is 8.03. The minimum Gasteiger partial charge on any atom is -0.414 e. The van der Waals surface area contributed by atoms with Crippen LogP contribution in [0.2, 0.25) is 18.1 Å². The summed E-state index contributed by atoms with van der Waals surface area (Å²) in [4.78, 5) is 109. The van der Waals surface area contributed by atoms with E-state index in [1.807, 2.05) is 94.6 Å². The lowest BCUT2D eigenvalue weighted by molar-refractivity contribution is -0.139. The van der Waals surface area contributed by atoms with Gasteiger partial charge in [0.15, 0.2) is 8.32 Å². The highest BCUT2D eigenvalue weighted by Crippen LogP contribution is 2.50. The number of carbonyl (C=O) groups excluding carboxylic acids is 8. The van der Waals surface area contributed by atoms with Crippen LogP contribution in [0.4, 0.5) is 11.4 Å². The molecule has 2 unspecified atom stereocenters. The molecule has 8 heterocycles. The molecule has 0 bridgehead atoms. The lowest BCUT2D eigenvalue weighted by Gasteiger charge is -2.45. The maximum Gasteiger partial charge on any atom is 0.259 e. The molecule has 6 fully saturated rings. The van der Waals surface area contributed by atoms with E-state index in [4.69, 9.17) is 9.52 Å². The Morgan fingerprint density at radius 3 is 1.42 bits per heavy atom. The van der Waals surface area contributed by atoms with Crippen molar-refractivity contribution in [1.29, 1.82) is 0 Å². The molecule has 466 valence electrons. The highest BCUT2D eigenvalue weighted by Gasteiger charge is 2.52. The van der Waals surface area contributed by atoms with Crippen LogP contribution in [0.5, 0.6) is 0 Å². The maximum absolute atomic E-state index is 13.6. The van der Waals surface area contributed by atoms with E-state index in [0.29, 0.717) is 93.8 Å². The van der Waals surface area contributed by atoms with Gasteiger partial charge in [0.2, 0.25) is 35.4 Å². The number of nitrogens with zero attached hydrogens (tertiary/aromatic N) is 8. The summed E-state index contributed by atoms with van der Waals surface area (Å²) >= 11 is 0. The van der Waals surface area contributed by atoms with Gasteiger partial charge in [-0.25, -0.2) is 0 Å². The average molecular weight is 1230 g/mol. The van der Waals surface area contributed by atoms with Crippen molar-refractivity contribution in [3.63, 3.8) is 0 Å². The molecule has 20 nitrogen and oxygen atoms in total. The number of nitrogens with one attached hydrogen (secondary N) is 2. The Hall–Kier alpha value is -7.88. The number of aliphatic hydroxyl groups excluding tert-OH is 1. The number of aliphatic hydroxyl groups is 1. The van der Waals surface area contributed by atoms with Gasteiger partial charge in [-0.05, 0) is 140 Å². The first-order chi connectivity index (χ1) is 42.4. The molecular weight excluding hydrogens is 1140 g/mol. The highest BCUT2D eigenvalue weighted by atomic mass is 28.4. The van der Waals surface area contributed by atoms with Crippen LogP contribution in [0.1, 0.15) is 155 Å². The Balaban J connectivity index is 0.000000166. The van der Waals surface area contributed by atoms with Crippen LogP contribution in [-0.4, -0.2) is 142 Å². The Labute approximate surface area is 518 Å². The molecule has 0 radical (unpaired) electrons. The third-order valence-electron chi connectivity index (χ3n) is 21.5. The smallest absolute Gasteiger partial charge is 0.259 e. The molecule has 6 aromatic rings. The van der Waals surface area contributed by atoms with Gasteiger partial charge in [0.1, 0.15) is 12.1 Å². The molecule has 4 aromatic carbocycles. The van der Waals surface area contributed by atoms with Crippen LogP contribution in [0, 0.1) is 10.8 Å².